The average molecular weight is 414 g/mol. The maximum atomic E-state index is 10.4. The van der Waals surface area contributed by atoms with Gasteiger partial charge in [-0.05, 0) is 47.9 Å². The highest BCUT2D eigenvalue weighted by Gasteiger charge is 2.26. The minimum Gasteiger partial charge on any atom is -0.507 e. The van der Waals surface area contributed by atoms with Gasteiger partial charge in [0.15, 0.2) is 0 Å². The molecule has 0 spiro atoms. The number of aromatic hydroxyl groups is 1. The lowest BCUT2D eigenvalue weighted by Gasteiger charge is -2.33. The van der Waals surface area contributed by atoms with Crippen LogP contribution >= 0.6 is 0 Å². The molecule has 0 radical (unpaired) electrons. The Kier molecular flexibility index (Phi) is 5.35. The van der Waals surface area contributed by atoms with Crippen molar-refractivity contribution in [2.24, 2.45) is 0 Å². The molecule has 1 fully saturated rings. The molecule has 0 bridgehead atoms. The summed E-state index contributed by atoms with van der Waals surface area (Å²) >= 11 is 0. The Morgan fingerprint density at radius 2 is 1.90 bits per heavy atom. The summed E-state index contributed by atoms with van der Waals surface area (Å²) < 4.78 is 5.48. The molecule has 1 aromatic heterocycles. The van der Waals surface area contributed by atoms with Gasteiger partial charge in [0.1, 0.15) is 11.5 Å². The van der Waals surface area contributed by atoms with Crippen LogP contribution in [0.2, 0.25) is 0 Å². The number of ether oxygens (including phenoxy) is 1. The van der Waals surface area contributed by atoms with Gasteiger partial charge < -0.3 is 9.84 Å². The molecule has 0 saturated carbocycles. The zero-order valence-corrected chi connectivity index (χ0v) is 17.7. The van der Waals surface area contributed by atoms with E-state index in [2.05, 4.69) is 57.6 Å². The SMILES string of the molecule is COc1cccc(O)c1CN1CCC[C@H](c2[nH]ncc2-c2cccc3ccccc23)C1. The van der Waals surface area contributed by atoms with Crippen LogP contribution in [-0.2, 0) is 6.54 Å². The predicted octanol–water partition coefficient (Wildman–Crippen LogP) is 5.32. The van der Waals surface area contributed by atoms with Crippen molar-refractivity contribution in [3.63, 3.8) is 0 Å². The van der Waals surface area contributed by atoms with Crippen LogP contribution in [0.25, 0.3) is 21.9 Å². The summed E-state index contributed by atoms with van der Waals surface area (Å²) in [5, 5.41) is 20.6. The quantitative estimate of drug-likeness (QED) is 0.465. The van der Waals surface area contributed by atoms with E-state index >= 15 is 0 Å². The minimum absolute atomic E-state index is 0.291. The molecule has 0 aliphatic carbocycles. The highest BCUT2D eigenvalue weighted by Crippen LogP contribution is 2.37. The van der Waals surface area contributed by atoms with Crippen molar-refractivity contribution in [2.45, 2.75) is 25.3 Å². The molecule has 5 nitrogen and oxygen atoms in total. The summed E-state index contributed by atoms with van der Waals surface area (Å²) in [6.45, 7) is 2.59. The number of aromatic nitrogens is 2. The van der Waals surface area contributed by atoms with E-state index in [-0.39, 0.29) is 0 Å². The van der Waals surface area contributed by atoms with Crippen LogP contribution in [0.4, 0.5) is 0 Å². The summed E-state index contributed by atoms with van der Waals surface area (Å²) in [6.07, 6.45) is 4.19. The summed E-state index contributed by atoms with van der Waals surface area (Å²) in [5.74, 6) is 1.39. The van der Waals surface area contributed by atoms with Gasteiger partial charge in [-0.2, -0.15) is 5.10 Å². The maximum absolute atomic E-state index is 10.4. The average Bonchev–Trinajstić information content (AvgIpc) is 3.30. The van der Waals surface area contributed by atoms with E-state index in [0.29, 0.717) is 18.2 Å². The van der Waals surface area contributed by atoms with Crippen molar-refractivity contribution in [2.75, 3.05) is 20.2 Å². The molecule has 1 saturated heterocycles. The van der Waals surface area contributed by atoms with Crippen LogP contribution in [0.1, 0.15) is 30.0 Å². The number of hydrogen-bond donors (Lipinski definition) is 2. The number of rotatable bonds is 5. The van der Waals surface area contributed by atoms with Crippen molar-refractivity contribution in [3.05, 3.63) is 78.1 Å². The molecule has 31 heavy (non-hydrogen) atoms. The highest BCUT2D eigenvalue weighted by molar-refractivity contribution is 5.97. The second-order valence-electron chi connectivity index (χ2n) is 8.26. The van der Waals surface area contributed by atoms with E-state index in [9.17, 15) is 5.11 Å². The van der Waals surface area contributed by atoms with E-state index in [4.69, 9.17) is 4.74 Å². The standard InChI is InChI=1S/C26H27N3O2/c1-31-25-13-5-12-24(30)23(25)17-29-14-6-9-19(16-29)26-22(15-27-28-26)21-11-4-8-18-7-2-3-10-20(18)21/h2-5,7-8,10-13,15,19,30H,6,9,14,16-17H2,1H3,(H,27,28)/t19-/m0/s1. The molecular formula is C26H27N3O2. The first kappa shape index (κ1) is 19.6. The Labute approximate surface area is 182 Å². The number of benzene rings is 3. The molecule has 1 atom stereocenters. The number of H-pyrrole nitrogens is 1. The molecule has 1 aliphatic heterocycles. The summed E-state index contributed by atoms with van der Waals surface area (Å²) in [6, 6.07) is 20.4. The maximum Gasteiger partial charge on any atom is 0.127 e. The summed E-state index contributed by atoms with van der Waals surface area (Å²) in [4.78, 5) is 2.40. The van der Waals surface area contributed by atoms with Gasteiger partial charge >= 0.3 is 0 Å². The van der Waals surface area contributed by atoms with Crippen molar-refractivity contribution in [1.29, 1.82) is 0 Å². The summed E-state index contributed by atoms with van der Waals surface area (Å²) in [5.41, 5.74) is 4.46. The third-order valence-corrected chi connectivity index (χ3v) is 6.37. The number of nitrogens with zero attached hydrogens (tertiary/aromatic N) is 2. The van der Waals surface area contributed by atoms with Gasteiger partial charge in [0.05, 0.1) is 13.3 Å². The molecule has 3 aromatic carbocycles. The smallest absolute Gasteiger partial charge is 0.127 e. The first-order valence-electron chi connectivity index (χ1n) is 10.8. The fourth-order valence-corrected chi connectivity index (χ4v) is 4.84. The van der Waals surface area contributed by atoms with Crippen molar-refractivity contribution in [3.8, 4) is 22.6 Å². The van der Waals surface area contributed by atoms with Gasteiger partial charge in [0.2, 0.25) is 0 Å². The molecule has 2 N–H and O–H groups in total. The molecule has 0 amide bonds. The van der Waals surface area contributed by atoms with E-state index < -0.39 is 0 Å². The Balaban J connectivity index is 1.43. The number of phenols is 1. The fourth-order valence-electron chi connectivity index (χ4n) is 4.84. The fraction of sp³-hybridized carbons (Fsp3) is 0.269. The Morgan fingerprint density at radius 1 is 1.06 bits per heavy atom. The lowest BCUT2D eigenvalue weighted by atomic mass is 9.89. The Hall–Kier alpha value is -3.31. The zero-order valence-electron chi connectivity index (χ0n) is 17.7. The first-order chi connectivity index (χ1) is 15.2. The third-order valence-electron chi connectivity index (χ3n) is 6.37. The molecule has 5 heteroatoms. The lowest BCUT2D eigenvalue weighted by Crippen LogP contribution is -2.34. The van der Waals surface area contributed by atoms with Crippen molar-refractivity contribution >= 4 is 10.8 Å². The predicted molar refractivity (Wildman–Crippen MR) is 123 cm³/mol. The molecule has 158 valence electrons. The number of piperidine rings is 1. The normalized spacial score (nSPS) is 17.1. The number of fused-ring (bicyclic) bond motifs is 1. The number of methoxy groups -OCH3 is 1. The zero-order chi connectivity index (χ0) is 21.2. The number of aromatic amines is 1. The molecule has 5 rings (SSSR count). The van der Waals surface area contributed by atoms with Crippen molar-refractivity contribution < 1.29 is 9.84 Å². The van der Waals surface area contributed by atoms with Gasteiger partial charge in [0, 0.05) is 35.8 Å². The second kappa shape index (κ2) is 8.44. The van der Waals surface area contributed by atoms with Gasteiger partial charge in [0.25, 0.3) is 0 Å². The number of likely N-dealkylation sites (tertiary alicyclic amines) is 1. The van der Waals surface area contributed by atoms with Crippen LogP contribution in [0.3, 0.4) is 0 Å². The van der Waals surface area contributed by atoms with Gasteiger partial charge in [-0.3, -0.25) is 10.00 Å². The largest absolute Gasteiger partial charge is 0.507 e. The molecular weight excluding hydrogens is 386 g/mol. The Bertz CT molecular complexity index is 1190. The minimum atomic E-state index is 0.291. The van der Waals surface area contributed by atoms with Crippen LogP contribution in [0, 0.1) is 0 Å². The topological polar surface area (TPSA) is 61.4 Å². The van der Waals surface area contributed by atoms with E-state index in [1.807, 2.05) is 18.3 Å². The third kappa shape index (κ3) is 3.77. The number of phenolic OH excluding ortho intramolecular Hbond substituents is 1. The lowest BCUT2D eigenvalue weighted by molar-refractivity contribution is 0.194. The van der Waals surface area contributed by atoms with Crippen LogP contribution in [0.5, 0.6) is 11.5 Å². The van der Waals surface area contributed by atoms with E-state index in [0.717, 1.165) is 37.2 Å². The van der Waals surface area contributed by atoms with Gasteiger partial charge in [-0.25, -0.2) is 0 Å². The summed E-state index contributed by atoms with van der Waals surface area (Å²) in [7, 11) is 1.65. The molecule has 2 heterocycles. The molecule has 1 aliphatic rings. The molecule has 0 unspecified atom stereocenters. The van der Waals surface area contributed by atoms with Gasteiger partial charge in [-0.15, -0.1) is 0 Å². The van der Waals surface area contributed by atoms with E-state index in [1.165, 1.54) is 27.6 Å². The number of nitrogens with one attached hydrogen (secondary N) is 1. The molecule has 4 aromatic rings. The first-order valence-corrected chi connectivity index (χ1v) is 10.8. The Morgan fingerprint density at radius 3 is 2.81 bits per heavy atom. The van der Waals surface area contributed by atoms with Crippen LogP contribution in [0.15, 0.2) is 66.9 Å². The van der Waals surface area contributed by atoms with Crippen molar-refractivity contribution in [1.82, 2.24) is 15.1 Å². The second-order valence-corrected chi connectivity index (χ2v) is 8.26. The van der Waals surface area contributed by atoms with Crippen LogP contribution < -0.4 is 4.74 Å². The number of hydrogen-bond acceptors (Lipinski definition) is 4. The highest BCUT2D eigenvalue weighted by atomic mass is 16.5. The van der Waals surface area contributed by atoms with E-state index in [1.54, 1.807) is 13.2 Å². The monoisotopic (exact) mass is 413 g/mol. The van der Waals surface area contributed by atoms with Gasteiger partial charge in [-0.1, -0.05) is 48.5 Å². The van der Waals surface area contributed by atoms with Crippen LogP contribution in [-0.4, -0.2) is 40.4 Å².